The van der Waals surface area contributed by atoms with E-state index in [1.165, 1.54) is 12.8 Å². The standard InChI is InChI=1S/C18H25N3O2/c1-18(2)7-10-21(11-8-18)12-15(22)13-6-9-19-14-4-5-16(23-3)20-17(13)14/h4-6,9,15,22H,7-8,10-12H2,1-3H3. The molecule has 0 spiro atoms. The second kappa shape index (κ2) is 6.42. The van der Waals surface area contributed by atoms with Gasteiger partial charge in [0, 0.05) is 24.4 Å². The lowest BCUT2D eigenvalue weighted by molar-refractivity contribution is 0.0709. The van der Waals surface area contributed by atoms with Crippen LogP contribution in [0.3, 0.4) is 0 Å². The number of nitrogens with zero attached hydrogens (tertiary/aromatic N) is 3. The van der Waals surface area contributed by atoms with Crippen molar-refractivity contribution in [2.45, 2.75) is 32.8 Å². The monoisotopic (exact) mass is 315 g/mol. The minimum atomic E-state index is -0.568. The van der Waals surface area contributed by atoms with E-state index in [-0.39, 0.29) is 0 Å². The lowest BCUT2D eigenvalue weighted by Crippen LogP contribution is -2.39. The van der Waals surface area contributed by atoms with Gasteiger partial charge in [0.1, 0.15) is 0 Å². The summed E-state index contributed by atoms with van der Waals surface area (Å²) in [6.45, 7) is 7.32. The van der Waals surface area contributed by atoms with Crippen LogP contribution < -0.4 is 4.74 Å². The molecule has 1 saturated heterocycles. The second-order valence-corrected chi connectivity index (χ2v) is 7.10. The van der Waals surface area contributed by atoms with Crippen LogP contribution in [0.4, 0.5) is 0 Å². The Bertz CT molecular complexity index is 677. The number of β-amino-alcohol motifs (C(OH)–C–C–N with tert-alkyl or cyclic N) is 1. The first kappa shape index (κ1) is 16.1. The first-order chi connectivity index (χ1) is 11.0. The molecule has 0 saturated carbocycles. The number of fused-ring (bicyclic) bond motifs is 1. The van der Waals surface area contributed by atoms with Gasteiger partial charge in [-0.1, -0.05) is 13.8 Å². The summed E-state index contributed by atoms with van der Waals surface area (Å²) in [7, 11) is 1.59. The Balaban J connectivity index is 1.79. The Morgan fingerprint density at radius 2 is 2.00 bits per heavy atom. The molecule has 2 aromatic rings. The van der Waals surface area contributed by atoms with Crippen LogP contribution in [0.1, 0.15) is 38.4 Å². The van der Waals surface area contributed by atoms with Crippen molar-refractivity contribution in [1.82, 2.24) is 14.9 Å². The zero-order chi connectivity index (χ0) is 16.4. The minimum Gasteiger partial charge on any atom is -0.481 e. The van der Waals surface area contributed by atoms with Gasteiger partial charge in [0.15, 0.2) is 0 Å². The molecule has 124 valence electrons. The number of piperidine rings is 1. The first-order valence-electron chi connectivity index (χ1n) is 8.18. The van der Waals surface area contributed by atoms with Crippen LogP contribution in [0.25, 0.3) is 11.0 Å². The van der Waals surface area contributed by atoms with Crippen molar-refractivity contribution in [3.05, 3.63) is 30.0 Å². The molecule has 1 aliphatic rings. The van der Waals surface area contributed by atoms with Gasteiger partial charge in [-0.2, -0.15) is 0 Å². The van der Waals surface area contributed by atoms with E-state index in [9.17, 15) is 5.11 Å². The van der Waals surface area contributed by atoms with Gasteiger partial charge in [-0.05, 0) is 43.5 Å². The number of pyridine rings is 2. The van der Waals surface area contributed by atoms with E-state index < -0.39 is 6.10 Å². The van der Waals surface area contributed by atoms with Crippen molar-refractivity contribution in [2.75, 3.05) is 26.7 Å². The molecule has 23 heavy (non-hydrogen) atoms. The van der Waals surface area contributed by atoms with Gasteiger partial charge in [0.25, 0.3) is 0 Å². The Hall–Kier alpha value is -1.72. The summed E-state index contributed by atoms with van der Waals surface area (Å²) in [5, 5.41) is 10.7. The quantitative estimate of drug-likeness (QED) is 0.940. The molecular weight excluding hydrogens is 290 g/mol. The summed E-state index contributed by atoms with van der Waals surface area (Å²) < 4.78 is 5.20. The van der Waals surface area contributed by atoms with Crippen molar-refractivity contribution in [2.24, 2.45) is 5.41 Å². The fourth-order valence-corrected chi connectivity index (χ4v) is 3.09. The molecule has 5 nitrogen and oxygen atoms in total. The van der Waals surface area contributed by atoms with E-state index in [1.54, 1.807) is 19.4 Å². The highest BCUT2D eigenvalue weighted by Gasteiger charge is 2.27. The van der Waals surface area contributed by atoms with Crippen LogP contribution in [-0.2, 0) is 0 Å². The summed E-state index contributed by atoms with van der Waals surface area (Å²) in [5.41, 5.74) is 2.73. The van der Waals surface area contributed by atoms with Gasteiger partial charge in [-0.25, -0.2) is 4.98 Å². The van der Waals surface area contributed by atoms with E-state index in [4.69, 9.17) is 4.74 Å². The molecule has 3 heterocycles. The number of aliphatic hydroxyl groups excluding tert-OH is 1. The molecule has 1 aliphatic heterocycles. The van der Waals surface area contributed by atoms with Crippen molar-refractivity contribution in [3.8, 4) is 5.88 Å². The molecule has 0 radical (unpaired) electrons. The third-order valence-electron chi connectivity index (χ3n) is 4.80. The number of ether oxygens (including phenoxy) is 1. The van der Waals surface area contributed by atoms with E-state index in [0.29, 0.717) is 17.8 Å². The number of aromatic nitrogens is 2. The highest BCUT2D eigenvalue weighted by Crippen LogP contribution is 2.31. The first-order valence-corrected chi connectivity index (χ1v) is 8.18. The van der Waals surface area contributed by atoms with Gasteiger partial charge in [-0.3, -0.25) is 4.98 Å². The molecule has 1 N–H and O–H groups in total. The predicted molar refractivity (Wildman–Crippen MR) is 90.5 cm³/mol. The molecule has 0 aromatic carbocycles. The molecule has 0 aliphatic carbocycles. The normalized spacial score (nSPS) is 19.7. The summed E-state index contributed by atoms with van der Waals surface area (Å²) in [4.78, 5) is 11.1. The molecule has 0 amide bonds. The largest absolute Gasteiger partial charge is 0.481 e. The highest BCUT2D eigenvalue weighted by atomic mass is 16.5. The SMILES string of the molecule is COc1ccc2nccc(C(O)CN3CCC(C)(C)CC3)c2n1. The Labute approximate surface area is 137 Å². The Morgan fingerprint density at radius 1 is 1.26 bits per heavy atom. The maximum absolute atomic E-state index is 10.7. The Morgan fingerprint density at radius 3 is 2.70 bits per heavy atom. The van der Waals surface area contributed by atoms with Gasteiger partial charge < -0.3 is 14.7 Å². The summed E-state index contributed by atoms with van der Waals surface area (Å²) >= 11 is 0. The molecule has 1 fully saturated rings. The van der Waals surface area contributed by atoms with Crippen molar-refractivity contribution >= 4 is 11.0 Å². The topological polar surface area (TPSA) is 58.5 Å². The number of likely N-dealkylation sites (tertiary alicyclic amines) is 1. The van der Waals surface area contributed by atoms with Gasteiger partial charge >= 0.3 is 0 Å². The molecule has 3 rings (SSSR count). The lowest BCUT2D eigenvalue weighted by atomic mass is 9.82. The zero-order valence-corrected chi connectivity index (χ0v) is 14.1. The number of hydrogen-bond acceptors (Lipinski definition) is 5. The molecule has 2 aromatic heterocycles. The predicted octanol–water partition coefficient (Wildman–Crippen LogP) is 2.79. The van der Waals surface area contributed by atoms with E-state index in [1.807, 2.05) is 12.1 Å². The Kier molecular flexibility index (Phi) is 4.50. The number of methoxy groups -OCH3 is 1. The van der Waals surface area contributed by atoms with Crippen LogP contribution in [0.2, 0.25) is 0 Å². The number of hydrogen-bond donors (Lipinski definition) is 1. The molecule has 1 atom stereocenters. The highest BCUT2D eigenvalue weighted by molar-refractivity contribution is 5.78. The third-order valence-corrected chi connectivity index (χ3v) is 4.80. The smallest absolute Gasteiger partial charge is 0.213 e. The van der Waals surface area contributed by atoms with Gasteiger partial charge in [0.2, 0.25) is 5.88 Å². The minimum absolute atomic E-state index is 0.416. The van der Waals surface area contributed by atoms with E-state index >= 15 is 0 Å². The van der Waals surface area contributed by atoms with Crippen LogP contribution >= 0.6 is 0 Å². The summed E-state index contributed by atoms with van der Waals surface area (Å²) in [5.74, 6) is 0.540. The van der Waals surface area contributed by atoms with Gasteiger partial charge in [0.05, 0.1) is 24.2 Å². The summed E-state index contributed by atoms with van der Waals surface area (Å²) in [6.07, 6.45) is 3.50. The third kappa shape index (κ3) is 3.62. The fourth-order valence-electron chi connectivity index (χ4n) is 3.09. The van der Waals surface area contributed by atoms with Crippen molar-refractivity contribution < 1.29 is 9.84 Å². The van der Waals surface area contributed by atoms with Crippen LogP contribution in [-0.4, -0.2) is 46.7 Å². The summed E-state index contributed by atoms with van der Waals surface area (Å²) in [6, 6.07) is 5.52. The number of aliphatic hydroxyl groups is 1. The molecule has 0 bridgehead atoms. The van der Waals surface area contributed by atoms with E-state index in [0.717, 1.165) is 29.7 Å². The maximum Gasteiger partial charge on any atom is 0.213 e. The van der Waals surface area contributed by atoms with Crippen LogP contribution in [0, 0.1) is 5.41 Å². The van der Waals surface area contributed by atoms with E-state index in [2.05, 4.69) is 28.7 Å². The second-order valence-electron chi connectivity index (χ2n) is 7.10. The van der Waals surface area contributed by atoms with Crippen LogP contribution in [0.15, 0.2) is 24.4 Å². The molecule has 1 unspecified atom stereocenters. The van der Waals surface area contributed by atoms with Gasteiger partial charge in [-0.15, -0.1) is 0 Å². The maximum atomic E-state index is 10.7. The lowest BCUT2D eigenvalue weighted by Gasteiger charge is -2.37. The molecular formula is C18H25N3O2. The van der Waals surface area contributed by atoms with Crippen LogP contribution in [0.5, 0.6) is 5.88 Å². The average Bonchev–Trinajstić information content (AvgIpc) is 2.55. The zero-order valence-electron chi connectivity index (χ0n) is 14.1. The van der Waals surface area contributed by atoms with Crippen molar-refractivity contribution in [3.63, 3.8) is 0 Å². The number of rotatable bonds is 4. The van der Waals surface area contributed by atoms with Crippen molar-refractivity contribution in [1.29, 1.82) is 0 Å². The molecule has 5 heteroatoms. The fraction of sp³-hybridized carbons (Fsp3) is 0.556. The average molecular weight is 315 g/mol.